The van der Waals surface area contributed by atoms with E-state index >= 15 is 0 Å². The molecule has 0 aliphatic carbocycles. The molecule has 2 nitrogen and oxygen atoms in total. The van der Waals surface area contributed by atoms with Crippen molar-refractivity contribution in [2.24, 2.45) is 0 Å². The van der Waals surface area contributed by atoms with Crippen LogP contribution in [-0.2, 0) is 0 Å². The fourth-order valence-electron chi connectivity index (χ4n) is 1.94. The third kappa shape index (κ3) is 2.83. The minimum absolute atomic E-state index is 0.223. The molecule has 0 N–H and O–H groups in total. The van der Waals surface area contributed by atoms with Gasteiger partial charge in [-0.05, 0) is 24.6 Å². The third-order valence-corrected chi connectivity index (χ3v) is 3.25. The number of rotatable bonds is 3. The van der Waals surface area contributed by atoms with Gasteiger partial charge in [0, 0.05) is 10.6 Å². The highest BCUT2D eigenvalue weighted by Gasteiger charge is 2.23. The zero-order valence-corrected chi connectivity index (χ0v) is 11.2. The van der Waals surface area contributed by atoms with E-state index in [1.807, 2.05) is 25.1 Å². The van der Waals surface area contributed by atoms with E-state index in [0.717, 1.165) is 5.56 Å². The second kappa shape index (κ2) is 5.69. The van der Waals surface area contributed by atoms with Gasteiger partial charge in [-0.15, -0.1) is 0 Å². The number of nitrogens with zero attached hydrogens (tertiary/aromatic N) is 1. The van der Waals surface area contributed by atoms with Crippen LogP contribution in [0.4, 0.5) is 0 Å². The summed E-state index contributed by atoms with van der Waals surface area (Å²) in [6.45, 7) is 1.91. The SMILES string of the molecule is Cc1cccc(C(=O)C(C#N)c2ccccc2Cl)c1. The van der Waals surface area contributed by atoms with Crippen LogP contribution in [0.25, 0.3) is 0 Å². The van der Waals surface area contributed by atoms with Crippen molar-refractivity contribution in [1.29, 1.82) is 5.26 Å². The van der Waals surface area contributed by atoms with Gasteiger partial charge in [0.2, 0.25) is 0 Å². The lowest BCUT2D eigenvalue weighted by molar-refractivity contribution is 0.0979. The summed E-state index contributed by atoms with van der Waals surface area (Å²) >= 11 is 6.06. The molecular weight excluding hydrogens is 258 g/mol. The van der Waals surface area contributed by atoms with E-state index in [9.17, 15) is 10.1 Å². The number of nitriles is 1. The molecule has 0 heterocycles. The molecule has 0 saturated carbocycles. The van der Waals surface area contributed by atoms with Crippen molar-refractivity contribution >= 4 is 17.4 Å². The van der Waals surface area contributed by atoms with E-state index in [-0.39, 0.29) is 5.78 Å². The van der Waals surface area contributed by atoms with Crippen molar-refractivity contribution in [1.82, 2.24) is 0 Å². The Morgan fingerprint density at radius 1 is 1.21 bits per heavy atom. The first-order valence-corrected chi connectivity index (χ1v) is 6.26. The Bertz CT molecular complexity index is 658. The number of hydrogen-bond donors (Lipinski definition) is 0. The van der Waals surface area contributed by atoms with Crippen molar-refractivity contribution in [2.75, 3.05) is 0 Å². The van der Waals surface area contributed by atoms with Crippen molar-refractivity contribution in [2.45, 2.75) is 12.8 Å². The van der Waals surface area contributed by atoms with Crippen LogP contribution in [0.3, 0.4) is 0 Å². The summed E-state index contributed by atoms with van der Waals surface area (Å²) in [4.78, 5) is 12.4. The first kappa shape index (κ1) is 13.3. The number of ketones is 1. The van der Waals surface area contributed by atoms with Crippen LogP contribution in [0.15, 0.2) is 48.5 Å². The first-order valence-electron chi connectivity index (χ1n) is 5.88. The molecule has 2 rings (SSSR count). The van der Waals surface area contributed by atoms with Crippen LogP contribution in [0, 0.1) is 18.3 Å². The predicted octanol–water partition coefficient (Wildman–Crippen LogP) is 4.14. The quantitative estimate of drug-likeness (QED) is 0.786. The average molecular weight is 270 g/mol. The second-order valence-electron chi connectivity index (χ2n) is 4.32. The van der Waals surface area contributed by atoms with Crippen molar-refractivity contribution in [3.8, 4) is 6.07 Å². The lowest BCUT2D eigenvalue weighted by Gasteiger charge is -2.10. The number of hydrogen-bond acceptors (Lipinski definition) is 2. The van der Waals surface area contributed by atoms with Gasteiger partial charge >= 0.3 is 0 Å². The predicted molar refractivity (Wildman–Crippen MR) is 75.3 cm³/mol. The number of carbonyl (C=O) groups is 1. The molecule has 0 fully saturated rings. The largest absolute Gasteiger partial charge is 0.292 e. The molecular formula is C16H12ClNO. The fraction of sp³-hybridized carbons (Fsp3) is 0.125. The Morgan fingerprint density at radius 2 is 1.95 bits per heavy atom. The van der Waals surface area contributed by atoms with Gasteiger partial charge in [-0.1, -0.05) is 53.6 Å². The summed E-state index contributed by atoms with van der Waals surface area (Å²) in [5.41, 5.74) is 2.08. The van der Waals surface area contributed by atoms with E-state index in [1.54, 1.807) is 36.4 Å². The summed E-state index contributed by atoms with van der Waals surface area (Å²) in [7, 11) is 0. The summed E-state index contributed by atoms with van der Waals surface area (Å²) in [5.74, 6) is -1.09. The first-order chi connectivity index (χ1) is 9.13. The number of aryl methyl sites for hydroxylation is 1. The Morgan fingerprint density at radius 3 is 2.58 bits per heavy atom. The number of Topliss-reactive ketones (excluding diaryl/α,β-unsaturated/α-hetero) is 1. The van der Waals surface area contributed by atoms with Gasteiger partial charge in [0.1, 0.15) is 5.92 Å². The lowest BCUT2D eigenvalue weighted by atomic mass is 9.91. The number of benzene rings is 2. The number of halogens is 1. The van der Waals surface area contributed by atoms with Crippen LogP contribution in [-0.4, -0.2) is 5.78 Å². The van der Waals surface area contributed by atoms with Crippen LogP contribution in [0.1, 0.15) is 27.4 Å². The van der Waals surface area contributed by atoms with E-state index in [2.05, 4.69) is 0 Å². The number of carbonyl (C=O) groups excluding carboxylic acids is 1. The second-order valence-corrected chi connectivity index (χ2v) is 4.72. The molecule has 1 atom stereocenters. The van der Waals surface area contributed by atoms with Gasteiger partial charge in [-0.25, -0.2) is 0 Å². The van der Waals surface area contributed by atoms with Crippen LogP contribution >= 0.6 is 11.6 Å². The molecule has 0 bridgehead atoms. The van der Waals surface area contributed by atoms with Gasteiger partial charge < -0.3 is 0 Å². The zero-order chi connectivity index (χ0) is 13.8. The Balaban J connectivity index is 2.42. The van der Waals surface area contributed by atoms with Crippen molar-refractivity contribution in [3.05, 3.63) is 70.2 Å². The molecule has 94 valence electrons. The van der Waals surface area contributed by atoms with Gasteiger partial charge in [0.05, 0.1) is 6.07 Å². The molecule has 2 aromatic carbocycles. The maximum atomic E-state index is 12.4. The molecule has 19 heavy (non-hydrogen) atoms. The maximum absolute atomic E-state index is 12.4. The minimum atomic E-state index is -0.865. The average Bonchev–Trinajstić information content (AvgIpc) is 2.41. The highest BCUT2D eigenvalue weighted by atomic mass is 35.5. The molecule has 0 spiro atoms. The van der Waals surface area contributed by atoms with Gasteiger partial charge in [-0.3, -0.25) is 4.79 Å². The van der Waals surface area contributed by atoms with E-state index in [0.29, 0.717) is 16.1 Å². The molecule has 1 unspecified atom stereocenters. The van der Waals surface area contributed by atoms with E-state index in [4.69, 9.17) is 11.6 Å². The highest BCUT2D eigenvalue weighted by molar-refractivity contribution is 6.31. The normalized spacial score (nSPS) is 11.6. The summed E-state index contributed by atoms with van der Waals surface area (Å²) in [6.07, 6.45) is 0. The van der Waals surface area contributed by atoms with Gasteiger partial charge in [-0.2, -0.15) is 5.26 Å². The topological polar surface area (TPSA) is 40.9 Å². The molecule has 0 radical (unpaired) electrons. The fourth-order valence-corrected chi connectivity index (χ4v) is 2.19. The molecule has 0 aliphatic rings. The molecule has 0 saturated heterocycles. The Kier molecular flexibility index (Phi) is 3.99. The molecule has 3 heteroatoms. The standard InChI is InChI=1S/C16H12ClNO/c1-11-5-4-6-12(9-11)16(19)14(10-18)13-7-2-3-8-15(13)17/h2-9,14H,1H3. The molecule has 2 aromatic rings. The molecule has 0 amide bonds. The minimum Gasteiger partial charge on any atom is -0.292 e. The Labute approximate surface area is 117 Å². The lowest BCUT2D eigenvalue weighted by Crippen LogP contribution is -2.11. The highest BCUT2D eigenvalue weighted by Crippen LogP contribution is 2.27. The monoisotopic (exact) mass is 269 g/mol. The third-order valence-electron chi connectivity index (χ3n) is 2.91. The van der Waals surface area contributed by atoms with Crippen LogP contribution in [0.5, 0.6) is 0 Å². The van der Waals surface area contributed by atoms with E-state index < -0.39 is 5.92 Å². The van der Waals surface area contributed by atoms with Crippen molar-refractivity contribution < 1.29 is 4.79 Å². The van der Waals surface area contributed by atoms with Crippen LogP contribution < -0.4 is 0 Å². The molecule has 0 aliphatic heterocycles. The van der Waals surface area contributed by atoms with Crippen molar-refractivity contribution in [3.63, 3.8) is 0 Å². The Hall–Kier alpha value is -2.11. The van der Waals surface area contributed by atoms with Gasteiger partial charge in [0.15, 0.2) is 5.78 Å². The van der Waals surface area contributed by atoms with Gasteiger partial charge in [0.25, 0.3) is 0 Å². The zero-order valence-electron chi connectivity index (χ0n) is 10.4. The van der Waals surface area contributed by atoms with E-state index in [1.165, 1.54) is 0 Å². The maximum Gasteiger partial charge on any atom is 0.184 e. The van der Waals surface area contributed by atoms with Crippen LogP contribution in [0.2, 0.25) is 5.02 Å². The smallest absolute Gasteiger partial charge is 0.184 e. The summed E-state index contributed by atoms with van der Waals surface area (Å²) in [5, 5.41) is 9.72. The summed E-state index contributed by atoms with van der Waals surface area (Å²) in [6, 6.07) is 16.2. The molecule has 0 aromatic heterocycles. The summed E-state index contributed by atoms with van der Waals surface area (Å²) < 4.78 is 0.